The van der Waals surface area contributed by atoms with E-state index in [1.807, 2.05) is 18.2 Å². The number of nitrogens with one attached hydrogen (secondary N) is 1. The summed E-state index contributed by atoms with van der Waals surface area (Å²) in [5.41, 5.74) is 1.92. The minimum absolute atomic E-state index is 0.213. The Labute approximate surface area is 130 Å². The number of anilines is 1. The van der Waals surface area contributed by atoms with Gasteiger partial charge in [-0.3, -0.25) is 4.90 Å². The number of piperidine rings is 1. The minimum atomic E-state index is -0.213. The van der Waals surface area contributed by atoms with Crippen molar-refractivity contribution in [3.05, 3.63) is 59.9 Å². The van der Waals surface area contributed by atoms with E-state index < -0.39 is 0 Å². The average Bonchev–Trinajstić information content (AvgIpc) is 2.52. The third-order valence-electron chi connectivity index (χ3n) is 4.11. The van der Waals surface area contributed by atoms with E-state index in [2.05, 4.69) is 10.2 Å². The monoisotopic (exact) mass is 300 g/mol. The number of benzene rings is 2. The molecule has 1 unspecified atom stereocenters. The molecule has 0 spiro atoms. The Kier molecular flexibility index (Phi) is 4.59. The second kappa shape index (κ2) is 6.79. The predicted molar refractivity (Wildman–Crippen MR) is 86.4 cm³/mol. The fourth-order valence-corrected chi connectivity index (χ4v) is 2.98. The standard InChI is InChI=1S/C18H21FN2O/c19-15-7-9-16(10-8-15)20-17-5-3-11-21(13-17)12-14-4-1-2-6-18(14)22/h1-2,4,6-10,17,20,22H,3,5,11-13H2. The van der Waals surface area contributed by atoms with Crippen LogP contribution in [0.15, 0.2) is 48.5 Å². The summed E-state index contributed by atoms with van der Waals surface area (Å²) in [7, 11) is 0. The Bertz CT molecular complexity index is 615. The van der Waals surface area contributed by atoms with Gasteiger partial charge in [0.25, 0.3) is 0 Å². The molecule has 3 nitrogen and oxygen atoms in total. The summed E-state index contributed by atoms with van der Waals surface area (Å²) < 4.78 is 12.9. The first-order valence-electron chi connectivity index (χ1n) is 7.72. The molecule has 0 aliphatic carbocycles. The highest BCUT2D eigenvalue weighted by Gasteiger charge is 2.20. The Morgan fingerprint density at radius 1 is 1.14 bits per heavy atom. The molecule has 1 fully saturated rings. The fourth-order valence-electron chi connectivity index (χ4n) is 2.98. The lowest BCUT2D eigenvalue weighted by Crippen LogP contribution is -2.41. The van der Waals surface area contributed by atoms with Crippen LogP contribution in [0, 0.1) is 5.82 Å². The molecule has 4 heteroatoms. The topological polar surface area (TPSA) is 35.5 Å². The summed E-state index contributed by atoms with van der Waals surface area (Å²) in [6, 6.07) is 14.3. The number of hydrogen-bond acceptors (Lipinski definition) is 3. The Balaban J connectivity index is 1.59. The van der Waals surface area contributed by atoms with Gasteiger partial charge < -0.3 is 10.4 Å². The highest BCUT2D eigenvalue weighted by atomic mass is 19.1. The minimum Gasteiger partial charge on any atom is -0.508 e. The van der Waals surface area contributed by atoms with E-state index in [-0.39, 0.29) is 5.82 Å². The van der Waals surface area contributed by atoms with E-state index >= 15 is 0 Å². The highest BCUT2D eigenvalue weighted by Crippen LogP contribution is 2.22. The maximum absolute atomic E-state index is 12.9. The van der Waals surface area contributed by atoms with Gasteiger partial charge in [0, 0.05) is 30.4 Å². The normalized spacial score (nSPS) is 19.0. The average molecular weight is 300 g/mol. The van der Waals surface area contributed by atoms with E-state index in [0.29, 0.717) is 11.8 Å². The van der Waals surface area contributed by atoms with E-state index in [1.165, 1.54) is 12.1 Å². The number of rotatable bonds is 4. The molecule has 0 bridgehead atoms. The van der Waals surface area contributed by atoms with Gasteiger partial charge in [0.1, 0.15) is 11.6 Å². The zero-order chi connectivity index (χ0) is 15.4. The lowest BCUT2D eigenvalue weighted by atomic mass is 10.0. The van der Waals surface area contributed by atoms with Crippen LogP contribution in [0.1, 0.15) is 18.4 Å². The van der Waals surface area contributed by atoms with Crippen LogP contribution in [0.2, 0.25) is 0 Å². The van der Waals surface area contributed by atoms with Crippen molar-refractivity contribution >= 4 is 5.69 Å². The second-order valence-corrected chi connectivity index (χ2v) is 5.85. The zero-order valence-electron chi connectivity index (χ0n) is 12.5. The summed E-state index contributed by atoms with van der Waals surface area (Å²) in [6.45, 7) is 2.72. The largest absolute Gasteiger partial charge is 0.508 e. The van der Waals surface area contributed by atoms with Gasteiger partial charge in [0.15, 0.2) is 0 Å². The van der Waals surface area contributed by atoms with Crippen molar-refractivity contribution in [2.45, 2.75) is 25.4 Å². The molecule has 0 saturated carbocycles. The van der Waals surface area contributed by atoms with Gasteiger partial charge in [-0.05, 0) is 49.7 Å². The van der Waals surface area contributed by atoms with E-state index in [0.717, 1.165) is 43.7 Å². The Morgan fingerprint density at radius 2 is 1.91 bits per heavy atom. The predicted octanol–water partition coefficient (Wildman–Crippen LogP) is 3.61. The van der Waals surface area contributed by atoms with E-state index in [1.54, 1.807) is 18.2 Å². The lowest BCUT2D eigenvalue weighted by molar-refractivity contribution is 0.206. The molecule has 2 aromatic rings. The first-order chi connectivity index (χ1) is 10.7. The van der Waals surface area contributed by atoms with Crippen LogP contribution < -0.4 is 5.32 Å². The molecule has 2 aromatic carbocycles. The van der Waals surface area contributed by atoms with Crippen LogP contribution in [0.5, 0.6) is 5.75 Å². The summed E-state index contributed by atoms with van der Waals surface area (Å²) in [6.07, 6.45) is 2.22. The SMILES string of the molecule is Oc1ccccc1CN1CCCC(Nc2ccc(F)cc2)C1. The summed E-state index contributed by atoms with van der Waals surface area (Å²) in [5.74, 6) is 0.145. The maximum Gasteiger partial charge on any atom is 0.123 e. The fraction of sp³-hybridized carbons (Fsp3) is 0.333. The number of likely N-dealkylation sites (tertiary alicyclic amines) is 1. The van der Waals surface area contributed by atoms with Gasteiger partial charge in [-0.25, -0.2) is 4.39 Å². The second-order valence-electron chi connectivity index (χ2n) is 5.85. The molecule has 116 valence electrons. The summed E-state index contributed by atoms with van der Waals surface area (Å²) in [4.78, 5) is 2.35. The number of phenols is 1. The third-order valence-corrected chi connectivity index (χ3v) is 4.11. The molecule has 1 aliphatic heterocycles. The molecule has 3 rings (SSSR count). The first-order valence-corrected chi connectivity index (χ1v) is 7.72. The number of phenolic OH excluding ortho intramolecular Hbond substituents is 1. The van der Waals surface area contributed by atoms with Crippen LogP contribution in [-0.2, 0) is 6.54 Å². The van der Waals surface area contributed by atoms with Crippen molar-refractivity contribution < 1.29 is 9.50 Å². The van der Waals surface area contributed by atoms with Crippen molar-refractivity contribution in [3.63, 3.8) is 0 Å². The Morgan fingerprint density at radius 3 is 2.68 bits per heavy atom. The van der Waals surface area contributed by atoms with Crippen LogP contribution in [0.4, 0.5) is 10.1 Å². The van der Waals surface area contributed by atoms with Crippen LogP contribution >= 0.6 is 0 Å². The summed E-state index contributed by atoms with van der Waals surface area (Å²) in [5, 5.41) is 13.4. The molecule has 2 N–H and O–H groups in total. The van der Waals surface area contributed by atoms with Crippen LogP contribution in [0.25, 0.3) is 0 Å². The number of nitrogens with zero attached hydrogens (tertiary/aromatic N) is 1. The molecule has 1 saturated heterocycles. The molecule has 0 amide bonds. The number of para-hydroxylation sites is 1. The smallest absolute Gasteiger partial charge is 0.123 e. The number of aromatic hydroxyl groups is 1. The van der Waals surface area contributed by atoms with Crippen molar-refractivity contribution in [2.75, 3.05) is 18.4 Å². The van der Waals surface area contributed by atoms with Crippen molar-refractivity contribution in [1.29, 1.82) is 0 Å². The van der Waals surface area contributed by atoms with Crippen molar-refractivity contribution in [1.82, 2.24) is 4.90 Å². The molecule has 0 radical (unpaired) electrons. The van der Waals surface area contributed by atoms with Crippen LogP contribution in [0.3, 0.4) is 0 Å². The molecule has 22 heavy (non-hydrogen) atoms. The molecular weight excluding hydrogens is 279 g/mol. The molecular formula is C18H21FN2O. The van der Waals surface area contributed by atoms with Crippen molar-refractivity contribution in [3.8, 4) is 5.75 Å². The van der Waals surface area contributed by atoms with Crippen LogP contribution in [-0.4, -0.2) is 29.1 Å². The number of halogens is 1. The number of hydrogen-bond donors (Lipinski definition) is 2. The van der Waals surface area contributed by atoms with Gasteiger partial charge in [-0.1, -0.05) is 18.2 Å². The maximum atomic E-state index is 12.9. The Hall–Kier alpha value is -2.07. The molecule has 1 heterocycles. The van der Waals surface area contributed by atoms with E-state index in [9.17, 15) is 9.50 Å². The van der Waals surface area contributed by atoms with Gasteiger partial charge in [-0.15, -0.1) is 0 Å². The highest BCUT2D eigenvalue weighted by molar-refractivity contribution is 5.44. The van der Waals surface area contributed by atoms with Gasteiger partial charge >= 0.3 is 0 Å². The molecule has 0 aromatic heterocycles. The molecule has 1 atom stereocenters. The summed E-state index contributed by atoms with van der Waals surface area (Å²) >= 11 is 0. The van der Waals surface area contributed by atoms with Gasteiger partial charge in [-0.2, -0.15) is 0 Å². The molecule has 1 aliphatic rings. The van der Waals surface area contributed by atoms with Gasteiger partial charge in [0.05, 0.1) is 0 Å². The third kappa shape index (κ3) is 3.77. The first kappa shape index (κ1) is 14.9. The van der Waals surface area contributed by atoms with Gasteiger partial charge in [0.2, 0.25) is 0 Å². The lowest BCUT2D eigenvalue weighted by Gasteiger charge is -2.33. The zero-order valence-corrected chi connectivity index (χ0v) is 12.5. The quantitative estimate of drug-likeness (QED) is 0.905. The van der Waals surface area contributed by atoms with Crippen molar-refractivity contribution in [2.24, 2.45) is 0 Å². The van der Waals surface area contributed by atoms with E-state index in [4.69, 9.17) is 0 Å².